The third-order valence-electron chi connectivity index (χ3n) is 2.11. The van der Waals surface area contributed by atoms with E-state index in [9.17, 15) is 0 Å². The highest BCUT2D eigenvalue weighted by molar-refractivity contribution is 9.10. The largest absolute Gasteiger partial charge is 0.490 e. The molecule has 3 nitrogen and oxygen atoms in total. The molecule has 5 heteroatoms. The van der Waals surface area contributed by atoms with Gasteiger partial charge >= 0.3 is 0 Å². The van der Waals surface area contributed by atoms with E-state index in [1.54, 1.807) is 18.2 Å². The van der Waals surface area contributed by atoms with E-state index in [-0.39, 0.29) is 4.75 Å². The average Bonchev–Trinajstić information content (AvgIpc) is 2.64. The van der Waals surface area contributed by atoms with Crippen molar-refractivity contribution in [1.82, 2.24) is 4.98 Å². The van der Waals surface area contributed by atoms with Gasteiger partial charge in [-0.15, -0.1) is 0 Å². The van der Waals surface area contributed by atoms with E-state index >= 15 is 0 Å². The van der Waals surface area contributed by atoms with Crippen LogP contribution in [-0.2, 0) is 6.42 Å². The summed E-state index contributed by atoms with van der Waals surface area (Å²) in [6, 6.07) is 1.94. The first-order chi connectivity index (χ1) is 7.96. The highest BCUT2D eigenvalue weighted by Crippen LogP contribution is 2.32. The van der Waals surface area contributed by atoms with Gasteiger partial charge in [-0.25, -0.2) is 9.38 Å². The number of halogens is 1. The highest BCUT2D eigenvalue weighted by atomic mass is 79.9. The Morgan fingerprint density at radius 2 is 2.29 bits per heavy atom. The molecule has 0 N–H and O–H groups in total. The van der Waals surface area contributed by atoms with Crippen molar-refractivity contribution >= 4 is 34.1 Å². The molecule has 0 amide bonds. The molecule has 0 atom stereocenters. The number of pyridine rings is 1. The van der Waals surface area contributed by atoms with E-state index in [4.69, 9.17) is 4.74 Å². The fourth-order valence-corrected chi connectivity index (χ4v) is 2.50. The molecule has 2 heterocycles. The van der Waals surface area contributed by atoms with Crippen molar-refractivity contribution in [3.8, 4) is 5.75 Å². The zero-order valence-electron chi connectivity index (χ0n) is 10.2. The lowest BCUT2D eigenvalue weighted by atomic mass is 10.2. The molecule has 1 aromatic heterocycles. The summed E-state index contributed by atoms with van der Waals surface area (Å²) in [6.07, 6.45) is 2.68. The minimum Gasteiger partial charge on any atom is -0.490 e. The number of nitrogens with zero attached hydrogens (tertiary/aromatic N) is 2. The Morgan fingerprint density at radius 1 is 1.53 bits per heavy atom. The van der Waals surface area contributed by atoms with Crippen molar-refractivity contribution in [3.05, 3.63) is 21.9 Å². The van der Waals surface area contributed by atoms with Crippen molar-refractivity contribution in [1.29, 1.82) is 0 Å². The minimum atomic E-state index is 0.133. The van der Waals surface area contributed by atoms with Gasteiger partial charge in [0, 0.05) is 11.2 Å². The first kappa shape index (κ1) is 12.9. The van der Waals surface area contributed by atoms with Gasteiger partial charge in [-0.05, 0) is 54.7 Å². The van der Waals surface area contributed by atoms with Crippen molar-refractivity contribution in [2.24, 2.45) is 4.40 Å². The quantitative estimate of drug-likeness (QED) is 0.617. The molecule has 0 saturated heterocycles. The standard InChI is InChI=1S/C12H15BrN2OS/c1-12(2,3)17-14-7-8-6-9(13)11-10(15-8)4-5-16-11/h6-7H,4-5H2,1-3H3/b14-7+. The normalized spacial score (nSPS) is 15.1. The summed E-state index contributed by atoms with van der Waals surface area (Å²) in [5.74, 6) is 0.880. The Morgan fingerprint density at radius 3 is 3.00 bits per heavy atom. The number of rotatable bonds is 2. The third kappa shape index (κ3) is 3.45. The van der Waals surface area contributed by atoms with E-state index in [1.807, 2.05) is 6.07 Å². The van der Waals surface area contributed by atoms with Crippen LogP contribution in [0.2, 0.25) is 0 Å². The van der Waals surface area contributed by atoms with E-state index in [0.29, 0.717) is 0 Å². The van der Waals surface area contributed by atoms with Crippen LogP contribution in [0.3, 0.4) is 0 Å². The van der Waals surface area contributed by atoms with Crippen LogP contribution < -0.4 is 4.74 Å². The smallest absolute Gasteiger partial charge is 0.155 e. The predicted molar refractivity (Wildman–Crippen MR) is 76.1 cm³/mol. The zero-order valence-corrected chi connectivity index (χ0v) is 12.6. The Labute approximate surface area is 114 Å². The maximum absolute atomic E-state index is 5.48. The molecular formula is C12H15BrN2OS. The number of ether oxygens (including phenoxy) is 1. The minimum absolute atomic E-state index is 0.133. The lowest BCUT2D eigenvalue weighted by molar-refractivity contribution is 0.355. The van der Waals surface area contributed by atoms with Gasteiger partial charge in [0.05, 0.1) is 28.7 Å². The zero-order chi connectivity index (χ0) is 12.5. The summed E-state index contributed by atoms with van der Waals surface area (Å²) in [7, 11) is 0. The lowest BCUT2D eigenvalue weighted by Gasteiger charge is -2.12. The molecule has 0 radical (unpaired) electrons. The van der Waals surface area contributed by atoms with Gasteiger partial charge in [0.25, 0.3) is 0 Å². The maximum atomic E-state index is 5.48. The van der Waals surface area contributed by atoms with Crippen LogP contribution in [0.1, 0.15) is 32.2 Å². The average molecular weight is 315 g/mol. The number of hydrogen-bond acceptors (Lipinski definition) is 4. The first-order valence-corrected chi connectivity index (χ1v) is 7.06. The van der Waals surface area contributed by atoms with Crippen LogP contribution in [0.5, 0.6) is 5.75 Å². The van der Waals surface area contributed by atoms with Gasteiger partial charge in [-0.2, -0.15) is 0 Å². The summed E-state index contributed by atoms with van der Waals surface area (Å²) in [5.41, 5.74) is 1.89. The Kier molecular flexibility index (Phi) is 3.78. The molecule has 92 valence electrons. The van der Waals surface area contributed by atoms with Gasteiger partial charge in [-0.3, -0.25) is 0 Å². The molecule has 0 saturated carbocycles. The molecule has 17 heavy (non-hydrogen) atoms. The Bertz CT molecular complexity index is 455. The number of aromatic nitrogens is 1. The van der Waals surface area contributed by atoms with Crippen molar-refractivity contribution in [2.45, 2.75) is 31.9 Å². The second kappa shape index (κ2) is 4.98. The monoisotopic (exact) mass is 314 g/mol. The topological polar surface area (TPSA) is 34.5 Å². The lowest BCUT2D eigenvalue weighted by Crippen LogP contribution is -2.05. The van der Waals surface area contributed by atoms with E-state index < -0.39 is 0 Å². The summed E-state index contributed by atoms with van der Waals surface area (Å²) in [4.78, 5) is 4.52. The van der Waals surface area contributed by atoms with E-state index in [2.05, 4.69) is 46.1 Å². The molecule has 0 fully saturated rings. The van der Waals surface area contributed by atoms with Crippen LogP contribution >= 0.6 is 27.9 Å². The summed E-state index contributed by atoms with van der Waals surface area (Å²) in [5, 5.41) is 0. The number of hydrogen-bond donors (Lipinski definition) is 0. The maximum Gasteiger partial charge on any atom is 0.155 e. The first-order valence-electron chi connectivity index (χ1n) is 5.49. The fourth-order valence-electron chi connectivity index (χ4n) is 1.45. The van der Waals surface area contributed by atoms with Crippen LogP contribution in [0.4, 0.5) is 0 Å². The summed E-state index contributed by atoms with van der Waals surface area (Å²) in [6.45, 7) is 7.12. The van der Waals surface area contributed by atoms with Crippen LogP contribution in [0.25, 0.3) is 0 Å². The predicted octanol–water partition coefficient (Wildman–Crippen LogP) is 3.64. The highest BCUT2D eigenvalue weighted by Gasteiger charge is 2.17. The van der Waals surface area contributed by atoms with Crippen LogP contribution in [0.15, 0.2) is 14.9 Å². The number of fused-ring (bicyclic) bond motifs is 1. The molecule has 0 spiro atoms. The van der Waals surface area contributed by atoms with Crippen LogP contribution in [-0.4, -0.2) is 22.6 Å². The van der Waals surface area contributed by atoms with Gasteiger partial charge in [0.1, 0.15) is 0 Å². The molecule has 0 bridgehead atoms. The van der Waals surface area contributed by atoms with Crippen LogP contribution in [0, 0.1) is 0 Å². The third-order valence-corrected chi connectivity index (χ3v) is 3.46. The van der Waals surface area contributed by atoms with Crippen molar-refractivity contribution < 1.29 is 4.74 Å². The van der Waals surface area contributed by atoms with E-state index in [0.717, 1.165) is 34.6 Å². The Hall–Kier alpha value is -0.550. The van der Waals surface area contributed by atoms with Gasteiger partial charge in [-0.1, -0.05) is 0 Å². The van der Waals surface area contributed by atoms with Gasteiger partial charge in [0.15, 0.2) is 5.75 Å². The fraction of sp³-hybridized carbons (Fsp3) is 0.500. The van der Waals surface area contributed by atoms with Crippen molar-refractivity contribution in [2.75, 3.05) is 6.61 Å². The summed E-state index contributed by atoms with van der Waals surface area (Å²) < 4.78 is 10.9. The van der Waals surface area contributed by atoms with E-state index in [1.165, 1.54) is 0 Å². The van der Waals surface area contributed by atoms with Gasteiger partial charge < -0.3 is 4.74 Å². The molecule has 1 aliphatic rings. The molecule has 1 aliphatic heterocycles. The molecule has 0 aliphatic carbocycles. The van der Waals surface area contributed by atoms with Crippen molar-refractivity contribution in [3.63, 3.8) is 0 Å². The molecular weight excluding hydrogens is 300 g/mol. The van der Waals surface area contributed by atoms with Gasteiger partial charge in [0.2, 0.25) is 0 Å². The second-order valence-electron chi connectivity index (χ2n) is 4.84. The molecule has 1 aromatic rings. The SMILES string of the molecule is CC(C)(C)S/N=C/c1cc(Br)c2c(n1)CCO2. The second-order valence-corrected chi connectivity index (χ2v) is 7.31. The molecule has 0 aromatic carbocycles. The Balaban J connectivity index is 2.15. The summed E-state index contributed by atoms with van der Waals surface area (Å²) >= 11 is 5.05. The molecule has 0 unspecified atom stereocenters. The molecule has 2 rings (SSSR count).